The molecule has 25 heavy (non-hydrogen) atoms. The highest BCUT2D eigenvalue weighted by atomic mass is 16.5. The summed E-state index contributed by atoms with van der Waals surface area (Å²) in [6.45, 7) is 0.830. The van der Waals surface area contributed by atoms with Crippen LogP contribution in [0.3, 0.4) is 0 Å². The third kappa shape index (κ3) is 3.68. The zero-order valence-electron chi connectivity index (χ0n) is 14.3. The van der Waals surface area contributed by atoms with Gasteiger partial charge in [-0.05, 0) is 44.9 Å². The summed E-state index contributed by atoms with van der Waals surface area (Å²) in [6, 6.07) is 0. The van der Waals surface area contributed by atoms with Crippen molar-refractivity contribution in [3.8, 4) is 0 Å². The molecule has 0 aromatic heterocycles. The van der Waals surface area contributed by atoms with Gasteiger partial charge in [-0.3, -0.25) is 19.3 Å². The van der Waals surface area contributed by atoms with Crippen molar-refractivity contribution < 1.29 is 28.9 Å². The lowest BCUT2D eigenvalue weighted by Crippen LogP contribution is -2.47. The fraction of sp³-hybridized carbons (Fsp3) is 0.647. The van der Waals surface area contributed by atoms with Crippen molar-refractivity contribution in [2.45, 2.75) is 50.9 Å². The Bertz CT molecular complexity index is 617. The maximum absolute atomic E-state index is 12.3. The molecule has 3 rings (SSSR count). The second-order valence-electron chi connectivity index (χ2n) is 7.48. The van der Waals surface area contributed by atoms with Crippen LogP contribution in [-0.4, -0.2) is 52.4 Å². The van der Waals surface area contributed by atoms with Crippen molar-refractivity contribution >= 4 is 30.4 Å². The van der Waals surface area contributed by atoms with E-state index in [9.17, 15) is 24.3 Å². The van der Waals surface area contributed by atoms with Crippen molar-refractivity contribution in [1.82, 2.24) is 4.90 Å². The molecule has 2 fully saturated rings. The standard InChI is InChI=1S/C17H22BNO6/c1-17(24)9-8-13(20)18(17)25-16(23)12-4-2-11(3-5-12)10-19-14(21)6-7-15(19)22/h6-7,11-12,24H,2-5,8-10H2,1H3. The molecule has 1 saturated heterocycles. The lowest BCUT2D eigenvalue weighted by molar-refractivity contribution is -0.143. The molecule has 2 amide bonds. The molecule has 2 aliphatic heterocycles. The summed E-state index contributed by atoms with van der Waals surface area (Å²) in [6.07, 6.45) is 5.70. The molecule has 0 spiro atoms. The van der Waals surface area contributed by atoms with Gasteiger partial charge < -0.3 is 14.6 Å². The van der Waals surface area contributed by atoms with E-state index in [-0.39, 0.29) is 35.8 Å². The molecule has 3 aliphatic rings. The van der Waals surface area contributed by atoms with Crippen LogP contribution in [0.4, 0.5) is 0 Å². The molecule has 0 bridgehead atoms. The van der Waals surface area contributed by atoms with Gasteiger partial charge in [0.2, 0.25) is 0 Å². The fourth-order valence-corrected chi connectivity index (χ4v) is 3.84. The zero-order valence-corrected chi connectivity index (χ0v) is 14.3. The Balaban J connectivity index is 1.49. The van der Waals surface area contributed by atoms with E-state index in [0.717, 1.165) is 0 Å². The molecule has 0 aromatic carbocycles. The lowest BCUT2D eigenvalue weighted by Gasteiger charge is -2.30. The second-order valence-corrected chi connectivity index (χ2v) is 7.48. The molecule has 1 N–H and O–H groups in total. The molecule has 8 heteroatoms. The number of hydrogen-bond acceptors (Lipinski definition) is 6. The molecule has 1 saturated carbocycles. The average molecular weight is 347 g/mol. The van der Waals surface area contributed by atoms with Gasteiger partial charge in [-0.1, -0.05) is 0 Å². The summed E-state index contributed by atoms with van der Waals surface area (Å²) in [7, 11) is 0. The van der Waals surface area contributed by atoms with Gasteiger partial charge >= 0.3 is 6.92 Å². The third-order valence-corrected chi connectivity index (χ3v) is 5.49. The molecule has 0 aromatic rings. The smallest absolute Gasteiger partial charge is 0.464 e. The number of hydrogen-bond donors (Lipinski definition) is 1. The maximum Gasteiger partial charge on any atom is 0.464 e. The number of nitrogens with zero attached hydrogens (tertiary/aromatic N) is 1. The molecule has 1 aliphatic carbocycles. The summed E-state index contributed by atoms with van der Waals surface area (Å²) in [4.78, 5) is 48.6. The Hall–Kier alpha value is -1.96. The number of rotatable bonds is 4. The van der Waals surface area contributed by atoms with Gasteiger partial charge in [0.05, 0.1) is 11.4 Å². The van der Waals surface area contributed by atoms with E-state index in [0.29, 0.717) is 38.6 Å². The van der Waals surface area contributed by atoms with Gasteiger partial charge in [0.25, 0.3) is 17.8 Å². The largest absolute Gasteiger partial charge is 0.525 e. The molecular formula is C17H22BNO6. The Morgan fingerprint density at radius 2 is 1.84 bits per heavy atom. The van der Waals surface area contributed by atoms with Crippen molar-refractivity contribution in [2.75, 3.05) is 6.54 Å². The quantitative estimate of drug-likeness (QED) is 0.585. The predicted octanol–water partition coefficient (Wildman–Crippen LogP) is 0.445. The summed E-state index contributed by atoms with van der Waals surface area (Å²) in [5.41, 5.74) is -1.52. The van der Waals surface area contributed by atoms with Crippen LogP contribution in [0.25, 0.3) is 0 Å². The molecular weight excluding hydrogens is 325 g/mol. The zero-order chi connectivity index (χ0) is 18.2. The van der Waals surface area contributed by atoms with Crippen molar-refractivity contribution in [3.63, 3.8) is 0 Å². The first-order valence-corrected chi connectivity index (χ1v) is 8.77. The molecule has 1 unspecified atom stereocenters. The van der Waals surface area contributed by atoms with Gasteiger partial charge in [-0.2, -0.15) is 0 Å². The Labute approximate surface area is 146 Å². The van der Waals surface area contributed by atoms with E-state index >= 15 is 0 Å². The number of aliphatic hydroxyl groups is 1. The lowest BCUT2D eigenvalue weighted by atomic mass is 9.54. The van der Waals surface area contributed by atoms with Crippen molar-refractivity contribution in [2.24, 2.45) is 11.8 Å². The number of imide groups is 1. The SMILES string of the molecule is CC1(O)CCC(=O)B1OC(=O)C1CCC(CN2C(=O)C=CC2=O)CC1. The first-order valence-electron chi connectivity index (χ1n) is 8.77. The van der Waals surface area contributed by atoms with Gasteiger partial charge in [0.1, 0.15) is 5.68 Å². The summed E-state index contributed by atoms with van der Waals surface area (Å²) >= 11 is 0. The van der Waals surface area contributed by atoms with Crippen LogP contribution < -0.4 is 0 Å². The van der Waals surface area contributed by atoms with Gasteiger partial charge in [-0.25, -0.2) is 0 Å². The highest BCUT2D eigenvalue weighted by Gasteiger charge is 2.52. The third-order valence-electron chi connectivity index (χ3n) is 5.49. The highest BCUT2D eigenvalue weighted by Crippen LogP contribution is 2.33. The van der Waals surface area contributed by atoms with E-state index in [2.05, 4.69) is 0 Å². The monoisotopic (exact) mass is 347 g/mol. The summed E-state index contributed by atoms with van der Waals surface area (Å²) in [5.74, 6) is -1.13. The number of carbonyl (C=O) groups is 4. The van der Waals surface area contributed by atoms with E-state index in [4.69, 9.17) is 4.65 Å². The number of amides is 2. The Kier molecular flexibility index (Phi) is 4.82. The average Bonchev–Trinajstić information content (AvgIpc) is 3.02. The summed E-state index contributed by atoms with van der Waals surface area (Å²) < 4.78 is 5.31. The van der Waals surface area contributed by atoms with Gasteiger partial charge in [-0.15, -0.1) is 0 Å². The van der Waals surface area contributed by atoms with Crippen LogP contribution in [0.1, 0.15) is 45.4 Å². The van der Waals surface area contributed by atoms with Crippen LogP contribution in [0.5, 0.6) is 0 Å². The molecule has 2 heterocycles. The van der Waals surface area contributed by atoms with Crippen LogP contribution in [0.15, 0.2) is 12.2 Å². The van der Waals surface area contributed by atoms with E-state index in [1.54, 1.807) is 0 Å². The van der Waals surface area contributed by atoms with Crippen LogP contribution in [-0.2, 0) is 23.8 Å². The summed E-state index contributed by atoms with van der Waals surface area (Å²) in [5, 5.41) is 10.1. The molecule has 0 radical (unpaired) electrons. The Morgan fingerprint density at radius 3 is 2.36 bits per heavy atom. The minimum atomic E-state index is -1.28. The molecule has 7 nitrogen and oxygen atoms in total. The predicted molar refractivity (Wildman–Crippen MR) is 88.0 cm³/mol. The molecule has 1 atom stereocenters. The van der Waals surface area contributed by atoms with Crippen molar-refractivity contribution in [3.05, 3.63) is 12.2 Å². The van der Waals surface area contributed by atoms with Gasteiger partial charge in [0.15, 0.2) is 0 Å². The van der Waals surface area contributed by atoms with E-state index in [1.165, 1.54) is 24.0 Å². The Morgan fingerprint density at radius 1 is 1.24 bits per heavy atom. The van der Waals surface area contributed by atoms with E-state index in [1.807, 2.05) is 0 Å². The minimum absolute atomic E-state index is 0.174. The topological polar surface area (TPSA) is 101 Å². The normalized spacial score (nSPS) is 32.6. The first kappa shape index (κ1) is 17.9. The fourth-order valence-electron chi connectivity index (χ4n) is 3.84. The van der Waals surface area contributed by atoms with Crippen molar-refractivity contribution in [1.29, 1.82) is 0 Å². The maximum atomic E-state index is 12.3. The van der Waals surface area contributed by atoms with E-state index < -0.39 is 18.4 Å². The number of carbonyl (C=O) groups excluding carboxylic acids is 4. The minimum Gasteiger partial charge on any atom is -0.525 e. The van der Waals surface area contributed by atoms with Crippen LogP contribution in [0.2, 0.25) is 0 Å². The van der Waals surface area contributed by atoms with Crippen LogP contribution >= 0.6 is 0 Å². The first-order chi connectivity index (χ1) is 11.8. The molecule has 134 valence electrons. The second kappa shape index (κ2) is 6.75. The highest BCUT2D eigenvalue weighted by molar-refractivity contribution is 6.89. The van der Waals surface area contributed by atoms with Crippen LogP contribution in [0, 0.1) is 11.8 Å². The van der Waals surface area contributed by atoms with Gasteiger partial charge in [0, 0.05) is 25.1 Å².